The number of aromatic hydroxyl groups is 1. The number of halogens is 1. The zero-order chi connectivity index (χ0) is 12.8. The molecule has 0 fully saturated rings. The highest BCUT2D eigenvalue weighted by atomic mass is 79.9. The van der Waals surface area contributed by atoms with Crippen LogP contribution in [0, 0.1) is 0 Å². The van der Waals surface area contributed by atoms with Gasteiger partial charge in [0.15, 0.2) is 0 Å². The Labute approximate surface area is 114 Å². The van der Waals surface area contributed by atoms with E-state index in [-0.39, 0.29) is 5.75 Å². The fraction of sp³-hybridized carbons (Fsp3) is 0.0714. The van der Waals surface area contributed by atoms with E-state index in [2.05, 4.69) is 26.5 Å². The molecule has 4 heteroatoms. The lowest BCUT2D eigenvalue weighted by atomic mass is 10.2. The minimum absolute atomic E-state index is 0.212. The molecule has 0 saturated carbocycles. The number of benzene rings is 2. The molecule has 0 saturated heterocycles. The highest BCUT2D eigenvalue weighted by Crippen LogP contribution is 2.19. The Hall–Kier alpha value is -1.81. The number of rotatable bonds is 4. The van der Waals surface area contributed by atoms with E-state index >= 15 is 0 Å². The molecule has 2 aromatic rings. The van der Waals surface area contributed by atoms with Crippen molar-refractivity contribution in [3.05, 3.63) is 64.1 Å². The molecule has 2 N–H and O–H groups in total. The topological polar surface area (TPSA) is 44.6 Å². The number of nitrogens with zero attached hydrogens (tertiary/aromatic N) is 1. The van der Waals surface area contributed by atoms with E-state index in [1.54, 1.807) is 18.3 Å². The number of hydrazone groups is 1. The Morgan fingerprint density at radius 3 is 2.72 bits per heavy atom. The largest absolute Gasteiger partial charge is 0.507 e. The van der Waals surface area contributed by atoms with Crippen LogP contribution >= 0.6 is 15.9 Å². The first-order valence-corrected chi connectivity index (χ1v) is 6.33. The molecule has 18 heavy (non-hydrogen) atoms. The summed E-state index contributed by atoms with van der Waals surface area (Å²) < 4.78 is 0.907. The van der Waals surface area contributed by atoms with Crippen molar-refractivity contribution in [3.8, 4) is 5.75 Å². The zero-order valence-electron chi connectivity index (χ0n) is 9.68. The molecule has 3 nitrogen and oxygen atoms in total. The Morgan fingerprint density at radius 1 is 1.17 bits per heavy atom. The number of nitrogens with one attached hydrogen (secondary N) is 1. The van der Waals surface area contributed by atoms with Crippen molar-refractivity contribution >= 4 is 22.1 Å². The summed E-state index contributed by atoms with van der Waals surface area (Å²) in [5, 5.41) is 13.7. The number of hydrogen-bond acceptors (Lipinski definition) is 3. The van der Waals surface area contributed by atoms with Gasteiger partial charge in [-0.15, -0.1) is 0 Å². The van der Waals surface area contributed by atoms with Crippen LogP contribution in [0.15, 0.2) is 58.1 Å². The van der Waals surface area contributed by atoms with E-state index in [0.29, 0.717) is 12.1 Å². The molecule has 2 rings (SSSR count). The Balaban J connectivity index is 1.94. The molecule has 0 aliphatic carbocycles. The van der Waals surface area contributed by atoms with Crippen LogP contribution in [0.25, 0.3) is 0 Å². The zero-order valence-corrected chi connectivity index (χ0v) is 11.3. The van der Waals surface area contributed by atoms with E-state index in [0.717, 1.165) is 10.0 Å². The van der Waals surface area contributed by atoms with Crippen molar-refractivity contribution in [1.82, 2.24) is 5.43 Å². The summed E-state index contributed by atoms with van der Waals surface area (Å²) in [6.07, 6.45) is 1.60. The van der Waals surface area contributed by atoms with Crippen LogP contribution in [0.4, 0.5) is 0 Å². The molecule has 0 atom stereocenters. The third-order valence-corrected chi connectivity index (χ3v) is 2.90. The first-order chi connectivity index (χ1) is 8.75. The molecule has 0 amide bonds. The second kappa shape index (κ2) is 6.21. The molecule has 0 aromatic heterocycles. The highest BCUT2D eigenvalue weighted by molar-refractivity contribution is 9.10. The predicted molar refractivity (Wildman–Crippen MR) is 76.7 cm³/mol. The first-order valence-electron chi connectivity index (χ1n) is 5.54. The van der Waals surface area contributed by atoms with Gasteiger partial charge in [0.25, 0.3) is 0 Å². The van der Waals surface area contributed by atoms with E-state index in [9.17, 15) is 5.11 Å². The van der Waals surface area contributed by atoms with Crippen LogP contribution in [-0.2, 0) is 6.54 Å². The van der Waals surface area contributed by atoms with Gasteiger partial charge in [0, 0.05) is 10.0 Å². The minimum atomic E-state index is 0.212. The van der Waals surface area contributed by atoms with Gasteiger partial charge in [-0.1, -0.05) is 46.3 Å². The van der Waals surface area contributed by atoms with E-state index < -0.39 is 0 Å². The van der Waals surface area contributed by atoms with Gasteiger partial charge in [0.05, 0.1) is 12.8 Å². The summed E-state index contributed by atoms with van der Waals surface area (Å²) in [5.74, 6) is 0.212. The van der Waals surface area contributed by atoms with Crippen molar-refractivity contribution in [1.29, 1.82) is 0 Å². The highest BCUT2D eigenvalue weighted by Gasteiger charge is 1.98. The van der Waals surface area contributed by atoms with Gasteiger partial charge in [0.2, 0.25) is 0 Å². The van der Waals surface area contributed by atoms with Crippen LogP contribution < -0.4 is 5.43 Å². The van der Waals surface area contributed by atoms with Gasteiger partial charge < -0.3 is 10.5 Å². The molecule has 0 spiro atoms. The van der Waals surface area contributed by atoms with E-state index in [1.165, 1.54) is 0 Å². The van der Waals surface area contributed by atoms with Crippen molar-refractivity contribution in [3.63, 3.8) is 0 Å². The molecular formula is C14H13BrN2O. The lowest BCUT2D eigenvalue weighted by Crippen LogP contribution is -2.05. The Kier molecular flexibility index (Phi) is 4.36. The summed E-state index contributed by atoms with van der Waals surface area (Å²) in [4.78, 5) is 0. The maximum atomic E-state index is 9.61. The molecule has 0 radical (unpaired) electrons. The summed E-state index contributed by atoms with van der Waals surface area (Å²) in [6, 6.07) is 15.2. The summed E-state index contributed by atoms with van der Waals surface area (Å²) >= 11 is 3.35. The van der Waals surface area contributed by atoms with Crippen LogP contribution in [0.1, 0.15) is 11.1 Å². The molecular weight excluding hydrogens is 292 g/mol. The molecule has 0 bridgehead atoms. The SMILES string of the molecule is Oc1ccc(Br)cc1/C=N/NCc1ccccc1. The van der Waals surface area contributed by atoms with Gasteiger partial charge in [-0.3, -0.25) is 0 Å². The van der Waals surface area contributed by atoms with Gasteiger partial charge in [0.1, 0.15) is 5.75 Å². The average Bonchev–Trinajstić information content (AvgIpc) is 2.40. The minimum Gasteiger partial charge on any atom is -0.507 e. The van der Waals surface area contributed by atoms with Crippen molar-refractivity contribution in [2.24, 2.45) is 5.10 Å². The van der Waals surface area contributed by atoms with Crippen molar-refractivity contribution in [2.75, 3.05) is 0 Å². The molecule has 92 valence electrons. The summed E-state index contributed by atoms with van der Waals surface area (Å²) in [6.45, 7) is 0.659. The molecule has 2 aromatic carbocycles. The van der Waals surface area contributed by atoms with Crippen LogP contribution in [0.5, 0.6) is 5.75 Å². The normalized spacial score (nSPS) is 10.7. The van der Waals surface area contributed by atoms with E-state index in [1.807, 2.05) is 36.4 Å². The average molecular weight is 305 g/mol. The monoisotopic (exact) mass is 304 g/mol. The van der Waals surface area contributed by atoms with Gasteiger partial charge >= 0.3 is 0 Å². The van der Waals surface area contributed by atoms with Gasteiger partial charge in [-0.2, -0.15) is 5.10 Å². The third-order valence-electron chi connectivity index (χ3n) is 2.41. The van der Waals surface area contributed by atoms with Crippen LogP contribution in [0.3, 0.4) is 0 Å². The molecule has 0 heterocycles. The molecule has 0 aliphatic heterocycles. The number of phenolic OH excluding ortho intramolecular Hbond substituents is 1. The first kappa shape index (κ1) is 12.6. The molecule has 0 unspecified atom stereocenters. The quantitative estimate of drug-likeness (QED) is 0.672. The fourth-order valence-corrected chi connectivity index (χ4v) is 1.86. The van der Waals surface area contributed by atoms with Gasteiger partial charge in [-0.25, -0.2) is 0 Å². The summed E-state index contributed by atoms with van der Waals surface area (Å²) in [7, 11) is 0. The van der Waals surface area contributed by atoms with Crippen molar-refractivity contribution in [2.45, 2.75) is 6.54 Å². The predicted octanol–water partition coefficient (Wildman–Crippen LogP) is 3.28. The van der Waals surface area contributed by atoms with Gasteiger partial charge in [-0.05, 0) is 23.8 Å². The smallest absolute Gasteiger partial charge is 0.124 e. The van der Waals surface area contributed by atoms with Crippen LogP contribution in [-0.4, -0.2) is 11.3 Å². The summed E-state index contributed by atoms with van der Waals surface area (Å²) in [5.41, 5.74) is 4.77. The van der Waals surface area contributed by atoms with E-state index in [4.69, 9.17) is 0 Å². The lowest BCUT2D eigenvalue weighted by molar-refractivity contribution is 0.474. The van der Waals surface area contributed by atoms with Crippen LogP contribution in [0.2, 0.25) is 0 Å². The molecule has 0 aliphatic rings. The number of phenols is 1. The Morgan fingerprint density at radius 2 is 1.94 bits per heavy atom. The van der Waals surface area contributed by atoms with Crippen molar-refractivity contribution < 1.29 is 5.11 Å². The third kappa shape index (κ3) is 3.60. The lowest BCUT2D eigenvalue weighted by Gasteiger charge is -2.01. The second-order valence-electron chi connectivity index (χ2n) is 3.78. The standard InChI is InChI=1S/C14H13BrN2O/c15-13-6-7-14(18)12(8-13)10-17-16-9-11-4-2-1-3-5-11/h1-8,10,16,18H,9H2/b17-10+. The fourth-order valence-electron chi connectivity index (χ4n) is 1.48. The number of hydrogen-bond donors (Lipinski definition) is 2. The Bertz CT molecular complexity index is 541. The maximum absolute atomic E-state index is 9.61. The maximum Gasteiger partial charge on any atom is 0.124 e. The second-order valence-corrected chi connectivity index (χ2v) is 4.70.